The Balaban J connectivity index is 4.12. The van der Waals surface area contributed by atoms with Gasteiger partial charge in [0.05, 0.1) is 13.2 Å². The molecule has 7 nitrogen and oxygen atoms in total. The topological polar surface area (TPSA) is 84.9 Å². The fourth-order valence-corrected chi connectivity index (χ4v) is 5.38. The summed E-state index contributed by atoms with van der Waals surface area (Å²) in [5.74, 6) is 0.659. The van der Waals surface area contributed by atoms with Gasteiger partial charge in [-0.1, -0.05) is 90.9 Å². The summed E-state index contributed by atoms with van der Waals surface area (Å²) in [5.41, 5.74) is 0. The first-order valence-electron chi connectivity index (χ1n) is 18.0. The average Bonchev–Trinajstić information content (AvgIpc) is 2.99. The molecule has 0 aromatic rings. The Morgan fingerprint density at radius 1 is 0.651 bits per heavy atom. The zero-order valence-electron chi connectivity index (χ0n) is 28.8. The Morgan fingerprint density at radius 2 is 1.16 bits per heavy atom. The number of aldehydes is 1. The van der Waals surface area contributed by atoms with Gasteiger partial charge in [0.2, 0.25) is 0 Å². The molecule has 0 rings (SSSR count). The molecule has 0 fully saturated rings. The van der Waals surface area contributed by atoms with Gasteiger partial charge in [-0.15, -0.1) is 0 Å². The second-order valence-corrected chi connectivity index (χ2v) is 12.9. The molecule has 0 aliphatic heterocycles. The molecule has 0 aliphatic carbocycles. The number of carbonyl (C=O) groups excluding carboxylic acids is 3. The Kier molecular flexibility index (Phi) is 30.8. The van der Waals surface area contributed by atoms with Crippen LogP contribution in [0.5, 0.6) is 0 Å². The van der Waals surface area contributed by atoms with E-state index in [1.807, 2.05) is 0 Å². The Labute approximate surface area is 266 Å². The van der Waals surface area contributed by atoms with E-state index in [0.29, 0.717) is 44.3 Å². The van der Waals surface area contributed by atoms with E-state index < -0.39 is 0 Å². The summed E-state index contributed by atoms with van der Waals surface area (Å²) in [4.78, 5) is 37.3. The molecule has 0 aliphatic rings. The van der Waals surface area contributed by atoms with Gasteiger partial charge < -0.3 is 24.5 Å². The molecular weight excluding hydrogens is 540 g/mol. The second-order valence-electron chi connectivity index (χ2n) is 12.9. The molecule has 0 heterocycles. The molecule has 43 heavy (non-hydrogen) atoms. The summed E-state index contributed by atoms with van der Waals surface area (Å²) < 4.78 is 11.3. The van der Waals surface area contributed by atoms with E-state index >= 15 is 0 Å². The highest BCUT2D eigenvalue weighted by molar-refractivity contribution is 5.69. The van der Waals surface area contributed by atoms with Crippen molar-refractivity contribution in [1.82, 2.24) is 10.2 Å². The maximum atomic E-state index is 12.4. The summed E-state index contributed by atoms with van der Waals surface area (Å²) in [6.45, 7) is 8.42. The Morgan fingerprint density at radius 3 is 1.77 bits per heavy atom. The standard InChI is InChI=1S/C36H70N2O5/c1-5-7-9-16-23-33(22-8-6-2)31-42-35(40)25-18-13-14-19-26-36(41)43-32-34(30-37-27-21-28-38(3)4)24-17-12-10-11-15-20-29-39/h29,33-34,37H,5-28,30-32H2,1-4H3. The van der Waals surface area contributed by atoms with Gasteiger partial charge in [0, 0.05) is 31.7 Å². The molecule has 0 radical (unpaired) electrons. The summed E-state index contributed by atoms with van der Waals surface area (Å²) in [5, 5.41) is 3.55. The predicted molar refractivity (Wildman–Crippen MR) is 179 cm³/mol. The summed E-state index contributed by atoms with van der Waals surface area (Å²) in [7, 11) is 4.18. The highest BCUT2D eigenvalue weighted by Gasteiger charge is 2.14. The highest BCUT2D eigenvalue weighted by atomic mass is 16.5. The second kappa shape index (κ2) is 31.9. The zero-order chi connectivity index (χ0) is 31.8. The van der Waals surface area contributed by atoms with Crippen molar-refractivity contribution in [3.05, 3.63) is 0 Å². The lowest BCUT2D eigenvalue weighted by atomic mass is 9.96. The molecule has 2 unspecified atom stereocenters. The van der Waals surface area contributed by atoms with Gasteiger partial charge in [0.25, 0.3) is 0 Å². The van der Waals surface area contributed by atoms with E-state index in [0.717, 1.165) is 103 Å². The summed E-state index contributed by atoms with van der Waals surface area (Å²) in [6, 6.07) is 0. The zero-order valence-corrected chi connectivity index (χ0v) is 28.8. The number of rotatable bonds is 33. The maximum Gasteiger partial charge on any atom is 0.305 e. The number of esters is 2. The Hall–Kier alpha value is -1.47. The fourth-order valence-electron chi connectivity index (χ4n) is 5.38. The molecule has 7 heteroatoms. The Bertz CT molecular complexity index is 643. The van der Waals surface area contributed by atoms with Gasteiger partial charge in [-0.05, 0) is 78.0 Å². The van der Waals surface area contributed by atoms with Crippen molar-refractivity contribution in [3.8, 4) is 0 Å². The van der Waals surface area contributed by atoms with Crippen molar-refractivity contribution in [2.45, 2.75) is 155 Å². The van der Waals surface area contributed by atoms with E-state index in [1.165, 1.54) is 44.9 Å². The van der Waals surface area contributed by atoms with E-state index in [-0.39, 0.29) is 11.9 Å². The number of hydrogen-bond acceptors (Lipinski definition) is 7. The third-order valence-corrected chi connectivity index (χ3v) is 8.23. The lowest BCUT2D eigenvalue weighted by Crippen LogP contribution is -2.29. The summed E-state index contributed by atoms with van der Waals surface area (Å²) in [6.07, 6.45) is 23.6. The van der Waals surface area contributed by atoms with Crippen LogP contribution in [0, 0.1) is 11.8 Å². The molecule has 0 aromatic carbocycles. The minimum absolute atomic E-state index is 0.0724. The van der Waals surface area contributed by atoms with Crippen LogP contribution in [0.4, 0.5) is 0 Å². The molecule has 0 spiro atoms. The molecule has 0 saturated heterocycles. The number of ether oxygens (including phenoxy) is 2. The largest absolute Gasteiger partial charge is 0.465 e. The van der Waals surface area contributed by atoms with Crippen LogP contribution in [-0.4, -0.2) is 70.1 Å². The van der Waals surface area contributed by atoms with Gasteiger partial charge in [-0.2, -0.15) is 0 Å². The molecule has 2 atom stereocenters. The van der Waals surface area contributed by atoms with Gasteiger partial charge >= 0.3 is 11.9 Å². The lowest BCUT2D eigenvalue weighted by molar-refractivity contribution is -0.146. The number of nitrogens with zero attached hydrogens (tertiary/aromatic N) is 1. The first kappa shape index (κ1) is 41.5. The van der Waals surface area contributed by atoms with Crippen LogP contribution in [0.25, 0.3) is 0 Å². The third kappa shape index (κ3) is 30.3. The van der Waals surface area contributed by atoms with Crippen LogP contribution in [0.1, 0.15) is 155 Å². The van der Waals surface area contributed by atoms with Crippen LogP contribution in [0.2, 0.25) is 0 Å². The number of carbonyl (C=O) groups is 3. The SMILES string of the molecule is CCCCCCC(CCCC)COC(=O)CCCCCCC(=O)OCC(CCCCCCCC=O)CNCCCN(C)C. The van der Waals surface area contributed by atoms with Crippen LogP contribution < -0.4 is 5.32 Å². The normalized spacial score (nSPS) is 12.8. The highest BCUT2D eigenvalue weighted by Crippen LogP contribution is 2.19. The van der Waals surface area contributed by atoms with E-state index in [9.17, 15) is 14.4 Å². The van der Waals surface area contributed by atoms with Gasteiger partial charge in [-0.25, -0.2) is 0 Å². The van der Waals surface area contributed by atoms with Crippen molar-refractivity contribution in [3.63, 3.8) is 0 Å². The first-order chi connectivity index (χ1) is 20.9. The van der Waals surface area contributed by atoms with Crippen LogP contribution >= 0.6 is 0 Å². The van der Waals surface area contributed by atoms with Crippen molar-refractivity contribution < 1.29 is 23.9 Å². The molecule has 1 N–H and O–H groups in total. The molecule has 0 amide bonds. The smallest absolute Gasteiger partial charge is 0.305 e. The fraction of sp³-hybridized carbons (Fsp3) is 0.917. The third-order valence-electron chi connectivity index (χ3n) is 8.23. The average molecular weight is 611 g/mol. The molecule has 254 valence electrons. The van der Waals surface area contributed by atoms with E-state index in [2.05, 4.69) is 38.2 Å². The van der Waals surface area contributed by atoms with Crippen LogP contribution in [0.3, 0.4) is 0 Å². The monoisotopic (exact) mass is 611 g/mol. The molecule has 0 saturated carbocycles. The maximum absolute atomic E-state index is 12.4. The van der Waals surface area contributed by atoms with Gasteiger partial charge in [0.1, 0.15) is 6.29 Å². The van der Waals surface area contributed by atoms with Gasteiger partial charge in [-0.3, -0.25) is 9.59 Å². The number of hydrogen-bond donors (Lipinski definition) is 1. The number of unbranched alkanes of at least 4 members (excludes halogenated alkanes) is 12. The number of nitrogens with one attached hydrogen (secondary N) is 1. The molecule has 0 bridgehead atoms. The van der Waals surface area contributed by atoms with E-state index in [1.54, 1.807) is 0 Å². The minimum atomic E-state index is -0.108. The van der Waals surface area contributed by atoms with Crippen LogP contribution in [0.15, 0.2) is 0 Å². The van der Waals surface area contributed by atoms with Crippen molar-refractivity contribution in [2.75, 3.05) is 46.9 Å². The van der Waals surface area contributed by atoms with Crippen molar-refractivity contribution >= 4 is 18.2 Å². The molecular formula is C36H70N2O5. The van der Waals surface area contributed by atoms with Crippen molar-refractivity contribution in [2.24, 2.45) is 11.8 Å². The van der Waals surface area contributed by atoms with Crippen molar-refractivity contribution in [1.29, 1.82) is 0 Å². The first-order valence-corrected chi connectivity index (χ1v) is 18.0. The summed E-state index contributed by atoms with van der Waals surface area (Å²) >= 11 is 0. The lowest BCUT2D eigenvalue weighted by Gasteiger charge is -2.18. The van der Waals surface area contributed by atoms with Crippen LogP contribution in [-0.2, 0) is 23.9 Å². The molecule has 0 aromatic heterocycles. The minimum Gasteiger partial charge on any atom is -0.465 e. The van der Waals surface area contributed by atoms with E-state index in [4.69, 9.17) is 9.47 Å². The quantitative estimate of drug-likeness (QED) is 0.0455. The van der Waals surface area contributed by atoms with Gasteiger partial charge in [0.15, 0.2) is 0 Å². The predicted octanol–water partition coefficient (Wildman–Crippen LogP) is 8.28.